The number of carbonyl (C=O) groups excluding carboxylic acids is 2. The molecule has 0 atom stereocenters. The van der Waals surface area contributed by atoms with Crippen molar-refractivity contribution in [2.75, 3.05) is 17.8 Å². The monoisotopic (exact) mass is 379 g/mol. The molecule has 5 heteroatoms. The van der Waals surface area contributed by atoms with Gasteiger partial charge in [0.1, 0.15) is 5.75 Å². The Labute approximate surface area is 161 Å². The lowest BCUT2D eigenvalue weighted by Gasteiger charge is -2.21. The van der Waals surface area contributed by atoms with Crippen LogP contribution in [0.1, 0.15) is 75.1 Å². The lowest BCUT2D eigenvalue weighted by molar-refractivity contribution is -0.116. The number of Topliss-reactive ketones (excluding diaryl/α,β-unsaturated/α-hetero) is 1. The van der Waals surface area contributed by atoms with Crippen molar-refractivity contribution in [2.24, 2.45) is 5.92 Å². The van der Waals surface area contributed by atoms with E-state index in [9.17, 15) is 9.59 Å². The number of alkyl halides is 1. The van der Waals surface area contributed by atoms with Gasteiger partial charge in [0.25, 0.3) is 0 Å². The highest BCUT2D eigenvalue weighted by Gasteiger charge is 2.16. The molecule has 4 nitrogen and oxygen atoms in total. The maximum atomic E-state index is 12.3. The summed E-state index contributed by atoms with van der Waals surface area (Å²) in [6.45, 7) is 2.36. The zero-order valence-electron chi connectivity index (χ0n) is 15.7. The first-order valence-electron chi connectivity index (χ1n) is 9.80. The van der Waals surface area contributed by atoms with Crippen molar-refractivity contribution in [1.82, 2.24) is 0 Å². The van der Waals surface area contributed by atoms with Gasteiger partial charge in [-0.1, -0.05) is 32.1 Å². The number of anilines is 1. The Morgan fingerprint density at radius 2 is 1.96 bits per heavy atom. The van der Waals surface area contributed by atoms with Crippen molar-refractivity contribution in [1.29, 1.82) is 0 Å². The average molecular weight is 380 g/mol. The minimum absolute atomic E-state index is 0.0118. The Morgan fingerprint density at radius 3 is 2.65 bits per heavy atom. The van der Waals surface area contributed by atoms with Crippen LogP contribution in [-0.2, 0) is 4.79 Å². The first-order valence-corrected chi connectivity index (χ1v) is 10.3. The Kier molecular flexibility index (Phi) is 8.96. The molecule has 0 aromatic heterocycles. The van der Waals surface area contributed by atoms with E-state index in [0.717, 1.165) is 6.42 Å². The highest BCUT2D eigenvalue weighted by Crippen LogP contribution is 2.29. The molecule has 1 amide bonds. The van der Waals surface area contributed by atoms with Crippen LogP contribution in [0.2, 0.25) is 0 Å². The molecular weight excluding hydrogens is 350 g/mol. The summed E-state index contributed by atoms with van der Waals surface area (Å²) in [5.41, 5.74) is 1.23. The van der Waals surface area contributed by atoms with Crippen LogP contribution in [0.3, 0.4) is 0 Å². The number of ether oxygens (including phenoxy) is 1. The molecule has 26 heavy (non-hydrogen) atoms. The van der Waals surface area contributed by atoms with E-state index in [1.807, 2.05) is 6.92 Å². The maximum absolute atomic E-state index is 12.3. The van der Waals surface area contributed by atoms with Crippen molar-refractivity contribution in [3.8, 4) is 5.75 Å². The van der Waals surface area contributed by atoms with Crippen molar-refractivity contribution in [3.05, 3.63) is 23.8 Å². The largest absolute Gasteiger partial charge is 0.492 e. The summed E-state index contributed by atoms with van der Waals surface area (Å²) in [7, 11) is 0. The number of benzene rings is 1. The summed E-state index contributed by atoms with van der Waals surface area (Å²) in [4.78, 5) is 24.5. The molecule has 1 aliphatic rings. The SMILES string of the molecule is CCOc1cc(C(=O)CCCCl)ccc1NC(=O)CCC1CCCCC1. The molecule has 0 saturated heterocycles. The third kappa shape index (κ3) is 6.64. The predicted octanol–water partition coefficient (Wildman–Crippen LogP) is 5.59. The van der Waals surface area contributed by atoms with Crippen LogP contribution in [-0.4, -0.2) is 24.2 Å². The standard InChI is InChI=1S/C21H30ClNO3/c1-2-26-20-15-17(19(24)9-6-14-22)11-12-18(20)23-21(25)13-10-16-7-4-3-5-8-16/h11-12,15-16H,2-10,13-14H2,1H3,(H,23,25). The number of ketones is 1. The number of rotatable bonds is 10. The summed E-state index contributed by atoms with van der Waals surface area (Å²) in [6.07, 6.45) is 8.97. The highest BCUT2D eigenvalue weighted by atomic mass is 35.5. The first-order chi connectivity index (χ1) is 12.6. The molecule has 0 bridgehead atoms. The second-order valence-corrected chi connectivity index (χ2v) is 7.33. The van der Waals surface area contributed by atoms with Gasteiger partial charge in [0.2, 0.25) is 5.91 Å². The molecule has 1 N–H and O–H groups in total. The lowest BCUT2D eigenvalue weighted by atomic mass is 9.86. The first kappa shape index (κ1) is 20.8. The number of nitrogens with one attached hydrogen (secondary N) is 1. The summed E-state index contributed by atoms with van der Waals surface area (Å²) in [6, 6.07) is 5.23. The number of hydrogen-bond acceptors (Lipinski definition) is 3. The third-order valence-electron chi connectivity index (χ3n) is 4.92. The molecule has 0 spiro atoms. The quantitative estimate of drug-likeness (QED) is 0.426. The lowest BCUT2D eigenvalue weighted by Crippen LogP contribution is -2.15. The highest BCUT2D eigenvalue weighted by molar-refractivity contribution is 6.18. The predicted molar refractivity (Wildman–Crippen MR) is 106 cm³/mol. The van der Waals surface area contributed by atoms with Crippen LogP contribution in [0.5, 0.6) is 5.75 Å². The van der Waals surface area contributed by atoms with E-state index in [-0.39, 0.29) is 11.7 Å². The summed E-state index contributed by atoms with van der Waals surface area (Å²) < 4.78 is 5.63. The molecule has 0 aliphatic heterocycles. The van der Waals surface area contributed by atoms with Crippen molar-refractivity contribution in [2.45, 2.75) is 64.7 Å². The van der Waals surface area contributed by atoms with Gasteiger partial charge in [0.15, 0.2) is 5.78 Å². The second kappa shape index (κ2) is 11.2. The minimum atomic E-state index is 0.0118. The van der Waals surface area contributed by atoms with E-state index >= 15 is 0 Å². The molecular formula is C21H30ClNO3. The van der Waals surface area contributed by atoms with E-state index < -0.39 is 0 Å². The van der Waals surface area contributed by atoms with Gasteiger partial charge in [-0.3, -0.25) is 9.59 Å². The van der Waals surface area contributed by atoms with Gasteiger partial charge >= 0.3 is 0 Å². The smallest absolute Gasteiger partial charge is 0.224 e. The minimum Gasteiger partial charge on any atom is -0.492 e. The van der Waals surface area contributed by atoms with E-state index in [1.165, 1.54) is 32.1 Å². The molecule has 144 valence electrons. The molecule has 0 heterocycles. The Morgan fingerprint density at radius 1 is 1.19 bits per heavy atom. The molecule has 1 fully saturated rings. The van der Waals surface area contributed by atoms with E-state index in [0.29, 0.717) is 54.7 Å². The van der Waals surface area contributed by atoms with Crippen LogP contribution in [0, 0.1) is 5.92 Å². The molecule has 0 radical (unpaired) electrons. The fourth-order valence-electron chi connectivity index (χ4n) is 3.47. The molecule has 1 aliphatic carbocycles. The third-order valence-corrected chi connectivity index (χ3v) is 5.19. The van der Waals surface area contributed by atoms with Gasteiger partial charge in [-0.25, -0.2) is 0 Å². The summed E-state index contributed by atoms with van der Waals surface area (Å²) in [5, 5.41) is 2.95. The maximum Gasteiger partial charge on any atom is 0.224 e. The second-order valence-electron chi connectivity index (χ2n) is 6.95. The number of carbonyl (C=O) groups is 2. The molecule has 1 aromatic carbocycles. The van der Waals surface area contributed by atoms with Crippen molar-refractivity contribution in [3.63, 3.8) is 0 Å². The van der Waals surface area contributed by atoms with E-state index in [2.05, 4.69) is 5.32 Å². The number of amides is 1. The van der Waals surface area contributed by atoms with E-state index in [1.54, 1.807) is 18.2 Å². The Balaban J connectivity index is 1.95. The molecule has 1 saturated carbocycles. The van der Waals surface area contributed by atoms with Gasteiger partial charge in [0.05, 0.1) is 12.3 Å². The van der Waals surface area contributed by atoms with Crippen LogP contribution >= 0.6 is 11.6 Å². The fourth-order valence-corrected chi connectivity index (χ4v) is 3.60. The Bertz CT molecular complexity index is 597. The number of halogens is 1. The topological polar surface area (TPSA) is 55.4 Å². The zero-order chi connectivity index (χ0) is 18.8. The molecule has 0 unspecified atom stereocenters. The van der Waals surface area contributed by atoms with Gasteiger partial charge in [-0.05, 0) is 43.9 Å². The van der Waals surface area contributed by atoms with Gasteiger partial charge in [-0.2, -0.15) is 0 Å². The van der Waals surface area contributed by atoms with Crippen molar-refractivity contribution >= 4 is 29.0 Å². The number of hydrogen-bond donors (Lipinski definition) is 1. The van der Waals surface area contributed by atoms with Gasteiger partial charge in [0, 0.05) is 24.3 Å². The van der Waals surface area contributed by atoms with Crippen LogP contribution in [0.25, 0.3) is 0 Å². The van der Waals surface area contributed by atoms with Crippen LogP contribution < -0.4 is 10.1 Å². The summed E-state index contributed by atoms with van der Waals surface area (Å²) >= 11 is 5.66. The fraction of sp³-hybridized carbons (Fsp3) is 0.619. The van der Waals surface area contributed by atoms with Gasteiger partial charge in [-0.15, -0.1) is 11.6 Å². The zero-order valence-corrected chi connectivity index (χ0v) is 16.4. The van der Waals surface area contributed by atoms with Gasteiger partial charge < -0.3 is 10.1 Å². The average Bonchev–Trinajstić information content (AvgIpc) is 2.67. The molecule has 2 rings (SSSR count). The van der Waals surface area contributed by atoms with Crippen LogP contribution in [0.4, 0.5) is 5.69 Å². The molecule has 1 aromatic rings. The van der Waals surface area contributed by atoms with Crippen LogP contribution in [0.15, 0.2) is 18.2 Å². The normalized spacial score (nSPS) is 14.8. The summed E-state index contributed by atoms with van der Waals surface area (Å²) in [5.74, 6) is 1.76. The Hall–Kier alpha value is -1.55. The van der Waals surface area contributed by atoms with Crippen molar-refractivity contribution < 1.29 is 14.3 Å². The van der Waals surface area contributed by atoms with E-state index in [4.69, 9.17) is 16.3 Å².